The monoisotopic (exact) mass is 432 g/mol. The summed E-state index contributed by atoms with van der Waals surface area (Å²) >= 11 is 1.48. The van der Waals surface area contributed by atoms with Crippen molar-refractivity contribution in [1.82, 2.24) is 15.2 Å². The second-order valence-corrected chi connectivity index (χ2v) is 9.06. The molecular weight excluding hydrogens is 400 g/mol. The predicted molar refractivity (Wildman–Crippen MR) is 121 cm³/mol. The molecular formula is C22H32N4O3S. The maximum absolute atomic E-state index is 12.7. The number of hydrogen-bond donors (Lipinski definition) is 2. The summed E-state index contributed by atoms with van der Waals surface area (Å²) in [7, 11) is 0. The highest BCUT2D eigenvalue weighted by Gasteiger charge is 2.30. The van der Waals surface area contributed by atoms with Crippen molar-refractivity contribution >= 4 is 38.5 Å². The van der Waals surface area contributed by atoms with Crippen LogP contribution in [-0.4, -0.2) is 60.1 Å². The van der Waals surface area contributed by atoms with Crippen LogP contribution in [0.4, 0.5) is 5.13 Å². The summed E-state index contributed by atoms with van der Waals surface area (Å²) < 4.78 is 6.55. The van der Waals surface area contributed by atoms with Gasteiger partial charge in [0.25, 0.3) is 0 Å². The van der Waals surface area contributed by atoms with Gasteiger partial charge in [-0.25, -0.2) is 4.98 Å². The number of carbonyl (C=O) groups is 2. The molecule has 164 valence electrons. The van der Waals surface area contributed by atoms with Crippen LogP contribution < -0.4 is 10.6 Å². The number of nitrogens with one attached hydrogen (secondary N) is 2. The Kier molecular flexibility index (Phi) is 8.18. The first-order chi connectivity index (χ1) is 14.4. The van der Waals surface area contributed by atoms with Crippen molar-refractivity contribution in [3.63, 3.8) is 0 Å². The minimum atomic E-state index is -0.255. The van der Waals surface area contributed by atoms with Crippen LogP contribution in [-0.2, 0) is 14.3 Å². The van der Waals surface area contributed by atoms with Crippen LogP contribution in [0, 0.1) is 5.92 Å². The number of carbonyl (C=O) groups excluding carboxylic acids is 2. The number of ether oxygens (including phenoxy) is 1. The number of nitrogens with zero attached hydrogens (tertiary/aromatic N) is 2. The van der Waals surface area contributed by atoms with E-state index in [-0.39, 0.29) is 29.9 Å². The number of fused-ring (bicyclic) bond motifs is 1. The van der Waals surface area contributed by atoms with Crippen LogP contribution in [0.25, 0.3) is 10.2 Å². The van der Waals surface area contributed by atoms with Gasteiger partial charge in [0.2, 0.25) is 11.8 Å². The summed E-state index contributed by atoms with van der Waals surface area (Å²) in [6.07, 6.45) is 2.59. The fraction of sp³-hybridized carbons (Fsp3) is 0.591. The smallest absolute Gasteiger partial charge is 0.243 e. The lowest BCUT2D eigenvalue weighted by molar-refractivity contribution is -0.127. The van der Waals surface area contributed by atoms with Crippen LogP contribution in [0.2, 0.25) is 0 Å². The number of anilines is 1. The Bertz CT molecular complexity index is 813. The maximum Gasteiger partial charge on any atom is 0.243 e. The third-order valence-corrected chi connectivity index (χ3v) is 6.37. The molecule has 0 bridgehead atoms. The highest BCUT2D eigenvalue weighted by atomic mass is 32.1. The van der Waals surface area contributed by atoms with Gasteiger partial charge in [-0.1, -0.05) is 23.5 Å². The first-order valence-corrected chi connectivity index (χ1v) is 11.6. The first-order valence-electron chi connectivity index (χ1n) is 10.7. The molecule has 0 spiro atoms. The van der Waals surface area contributed by atoms with Gasteiger partial charge in [0.1, 0.15) is 0 Å². The Morgan fingerprint density at radius 2 is 1.97 bits per heavy atom. The second-order valence-electron chi connectivity index (χ2n) is 8.03. The zero-order valence-corrected chi connectivity index (χ0v) is 18.8. The molecule has 2 aromatic rings. The third kappa shape index (κ3) is 6.23. The Labute approximate surface area is 182 Å². The van der Waals surface area contributed by atoms with Crippen molar-refractivity contribution in [3.8, 4) is 0 Å². The molecule has 1 aliphatic heterocycles. The zero-order chi connectivity index (χ0) is 21.5. The second kappa shape index (κ2) is 10.8. The molecule has 0 radical (unpaired) electrons. The van der Waals surface area contributed by atoms with Gasteiger partial charge in [0.05, 0.1) is 22.4 Å². The molecule has 30 heavy (non-hydrogen) atoms. The average molecular weight is 433 g/mol. The fourth-order valence-corrected chi connectivity index (χ4v) is 4.47. The van der Waals surface area contributed by atoms with Gasteiger partial charge < -0.3 is 15.4 Å². The molecule has 8 heteroatoms. The summed E-state index contributed by atoms with van der Waals surface area (Å²) in [5, 5.41) is 6.59. The van der Waals surface area contributed by atoms with Gasteiger partial charge >= 0.3 is 0 Å². The molecule has 1 aromatic heterocycles. The van der Waals surface area contributed by atoms with E-state index in [1.807, 2.05) is 45.0 Å². The Morgan fingerprint density at radius 3 is 2.67 bits per heavy atom. The van der Waals surface area contributed by atoms with Crippen molar-refractivity contribution in [2.45, 2.75) is 52.2 Å². The molecule has 2 heterocycles. The van der Waals surface area contributed by atoms with E-state index in [1.54, 1.807) is 0 Å². The average Bonchev–Trinajstić information content (AvgIpc) is 3.15. The molecule has 0 saturated carbocycles. The number of aromatic nitrogens is 1. The molecule has 1 aromatic carbocycles. The van der Waals surface area contributed by atoms with Crippen molar-refractivity contribution in [2.75, 3.05) is 31.6 Å². The van der Waals surface area contributed by atoms with E-state index in [0.29, 0.717) is 18.3 Å². The van der Waals surface area contributed by atoms with E-state index in [1.165, 1.54) is 11.3 Å². The number of benzene rings is 1. The molecule has 1 atom stereocenters. The molecule has 3 rings (SSSR count). The standard InChI is InChI=1S/C22H32N4O3S/c1-15(2)29-14-6-11-23-21(28)17-9-12-26(13-10-17)16(3)20(27)25-22-24-18-7-4-5-8-19(18)30-22/h4-5,7-8,15-17H,6,9-14H2,1-3H3,(H,23,28)(H,24,25,27). The van der Waals surface area contributed by atoms with E-state index in [9.17, 15) is 9.59 Å². The van der Waals surface area contributed by atoms with Crippen molar-refractivity contribution in [1.29, 1.82) is 0 Å². The number of piperidine rings is 1. The summed E-state index contributed by atoms with van der Waals surface area (Å²) in [6, 6.07) is 7.59. The van der Waals surface area contributed by atoms with Crippen molar-refractivity contribution < 1.29 is 14.3 Å². The van der Waals surface area contributed by atoms with Gasteiger partial charge in [-0.2, -0.15) is 0 Å². The highest BCUT2D eigenvalue weighted by molar-refractivity contribution is 7.22. The summed E-state index contributed by atoms with van der Waals surface area (Å²) in [6.45, 7) is 8.72. The normalized spacial score (nSPS) is 16.7. The Balaban J connectivity index is 1.40. The fourth-order valence-electron chi connectivity index (χ4n) is 3.60. The maximum atomic E-state index is 12.7. The Morgan fingerprint density at radius 1 is 1.23 bits per heavy atom. The molecule has 1 unspecified atom stereocenters. The van der Waals surface area contributed by atoms with Gasteiger partial charge in [0, 0.05) is 19.1 Å². The predicted octanol–water partition coefficient (Wildman–Crippen LogP) is 3.27. The SMILES string of the molecule is CC(C)OCCCNC(=O)C1CCN(C(C)C(=O)Nc2nc3ccccc3s2)CC1. The lowest BCUT2D eigenvalue weighted by atomic mass is 9.95. The van der Waals surface area contributed by atoms with Crippen LogP contribution in [0.5, 0.6) is 0 Å². The number of likely N-dealkylation sites (tertiary alicyclic amines) is 1. The van der Waals surface area contributed by atoms with Gasteiger partial charge in [-0.05, 0) is 65.3 Å². The van der Waals surface area contributed by atoms with E-state index in [2.05, 4.69) is 20.5 Å². The van der Waals surface area contributed by atoms with Crippen LogP contribution in [0.1, 0.15) is 40.0 Å². The summed E-state index contributed by atoms with van der Waals surface area (Å²) in [5.41, 5.74) is 0.896. The number of para-hydroxylation sites is 1. The number of hydrogen-bond acceptors (Lipinski definition) is 6. The number of amides is 2. The van der Waals surface area contributed by atoms with Gasteiger partial charge in [-0.15, -0.1) is 0 Å². The van der Waals surface area contributed by atoms with Crippen LogP contribution in [0.3, 0.4) is 0 Å². The topological polar surface area (TPSA) is 83.6 Å². The molecule has 1 fully saturated rings. The van der Waals surface area contributed by atoms with Crippen molar-refractivity contribution in [3.05, 3.63) is 24.3 Å². The van der Waals surface area contributed by atoms with E-state index in [4.69, 9.17) is 4.74 Å². The van der Waals surface area contributed by atoms with E-state index < -0.39 is 0 Å². The number of thiazole rings is 1. The van der Waals surface area contributed by atoms with Crippen molar-refractivity contribution in [2.24, 2.45) is 5.92 Å². The van der Waals surface area contributed by atoms with Gasteiger partial charge in [-0.3, -0.25) is 14.5 Å². The van der Waals surface area contributed by atoms with Crippen LogP contribution in [0.15, 0.2) is 24.3 Å². The Hall–Kier alpha value is -2.03. The lowest BCUT2D eigenvalue weighted by Gasteiger charge is -2.34. The third-order valence-electron chi connectivity index (χ3n) is 5.42. The minimum absolute atomic E-state index is 0.0202. The molecule has 0 aliphatic carbocycles. The summed E-state index contributed by atoms with van der Waals surface area (Å²) in [5.74, 6) is 0.0830. The molecule has 2 N–H and O–H groups in total. The van der Waals surface area contributed by atoms with Crippen LogP contribution >= 0.6 is 11.3 Å². The molecule has 7 nitrogen and oxygen atoms in total. The lowest BCUT2D eigenvalue weighted by Crippen LogP contribution is -2.48. The zero-order valence-electron chi connectivity index (χ0n) is 18.0. The van der Waals surface area contributed by atoms with Gasteiger partial charge in [0.15, 0.2) is 5.13 Å². The van der Waals surface area contributed by atoms with E-state index >= 15 is 0 Å². The van der Waals surface area contributed by atoms with E-state index in [0.717, 1.165) is 42.6 Å². The highest BCUT2D eigenvalue weighted by Crippen LogP contribution is 2.26. The minimum Gasteiger partial charge on any atom is -0.379 e. The number of rotatable bonds is 9. The molecule has 2 amide bonds. The summed E-state index contributed by atoms with van der Waals surface area (Å²) in [4.78, 5) is 31.7. The molecule has 1 saturated heterocycles. The first kappa shape index (κ1) is 22.7. The quantitative estimate of drug-likeness (QED) is 0.594. The molecule has 1 aliphatic rings. The largest absolute Gasteiger partial charge is 0.379 e.